The summed E-state index contributed by atoms with van der Waals surface area (Å²) in [5.41, 5.74) is -0.627. The highest BCUT2D eigenvalue weighted by atomic mass is 79.9. The summed E-state index contributed by atoms with van der Waals surface area (Å²) in [4.78, 5) is 9.57. The third kappa shape index (κ3) is 2.75. The molecule has 1 aromatic carbocycles. The minimum atomic E-state index is -1.29. The number of nitrogens with zero attached hydrogens (tertiary/aromatic N) is 1. The Morgan fingerprint density at radius 2 is 2.12 bits per heavy atom. The van der Waals surface area contributed by atoms with Gasteiger partial charge in [0.25, 0.3) is 0 Å². The number of alkyl halides is 1. The molecular weight excluding hydrogens is 285 g/mol. The molecule has 0 saturated carbocycles. The molecule has 0 fully saturated rings. The summed E-state index contributed by atoms with van der Waals surface area (Å²) in [5.74, 6) is -0.978. The van der Waals surface area contributed by atoms with Crippen LogP contribution in [0.5, 0.6) is 0 Å². The average Bonchev–Trinajstić information content (AvgIpc) is 2.27. The van der Waals surface area contributed by atoms with E-state index in [9.17, 15) is 24.7 Å². The van der Waals surface area contributed by atoms with E-state index < -0.39 is 28.6 Å². The molecule has 7 heteroatoms. The van der Waals surface area contributed by atoms with Crippen molar-refractivity contribution in [2.24, 2.45) is 0 Å². The van der Waals surface area contributed by atoms with Crippen LogP contribution in [0, 0.1) is 15.9 Å². The predicted octanol–water partition coefficient (Wildman–Crippen LogP) is 1.52. The van der Waals surface area contributed by atoms with Crippen molar-refractivity contribution >= 4 is 21.6 Å². The summed E-state index contributed by atoms with van der Waals surface area (Å²) >= 11 is 2.96. The minimum absolute atomic E-state index is 0.0973. The minimum Gasteiger partial charge on any atom is -0.389 e. The summed E-state index contributed by atoms with van der Waals surface area (Å²) in [6.07, 6.45) is -2.40. The van der Waals surface area contributed by atoms with Crippen LogP contribution in [-0.4, -0.2) is 26.6 Å². The molecule has 5 nitrogen and oxygen atoms in total. The van der Waals surface area contributed by atoms with Gasteiger partial charge in [-0.3, -0.25) is 10.1 Å². The van der Waals surface area contributed by atoms with E-state index in [0.29, 0.717) is 0 Å². The van der Waals surface area contributed by atoms with Crippen LogP contribution in [-0.2, 0) is 0 Å². The molecule has 0 aliphatic carbocycles. The third-order valence-corrected chi connectivity index (χ3v) is 2.69. The fourth-order valence-electron chi connectivity index (χ4n) is 1.16. The lowest BCUT2D eigenvalue weighted by Gasteiger charge is -2.15. The second-order valence-corrected chi connectivity index (χ2v) is 3.78. The SMILES string of the molecule is O=[N+]([O-])c1cc(C(O)C(O)CBr)ccc1F. The molecule has 2 N–H and O–H groups in total. The Hall–Kier alpha value is -1.05. The Morgan fingerprint density at radius 1 is 1.50 bits per heavy atom. The maximum absolute atomic E-state index is 13.0. The van der Waals surface area contributed by atoms with Gasteiger partial charge in [0.15, 0.2) is 0 Å². The van der Waals surface area contributed by atoms with Crippen molar-refractivity contribution in [1.29, 1.82) is 0 Å². The van der Waals surface area contributed by atoms with Gasteiger partial charge in [0, 0.05) is 11.4 Å². The number of nitro groups is 1. The van der Waals surface area contributed by atoms with E-state index in [2.05, 4.69) is 15.9 Å². The normalized spacial score (nSPS) is 14.5. The molecule has 0 spiro atoms. The van der Waals surface area contributed by atoms with Gasteiger partial charge in [-0.05, 0) is 11.6 Å². The predicted molar refractivity (Wildman–Crippen MR) is 57.8 cm³/mol. The Kier molecular flexibility index (Phi) is 4.34. The van der Waals surface area contributed by atoms with Gasteiger partial charge < -0.3 is 10.2 Å². The Balaban J connectivity index is 3.07. The first kappa shape index (κ1) is 13.0. The Morgan fingerprint density at radius 3 is 2.62 bits per heavy atom. The third-order valence-electron chi connectivity index (χ3n) is 2.03. The van der Waals surface area contributed by atoms with Crippen LogP contribution in [0.15, 0.2) is 18.2 Å². The molecule has 0 aromatic heterocycles. The monoisotopic (exact) mass is 293 g/mol. The summed E-state index contributed by atoms with van der Waals surface area (Å²) in [5, 5.41) is 29.4. The Labute approximate surface area is 98.8 Å². The summed E-state index contributed by atoms with van der Waals surface area (Å²) < 4.78 is 13.0. The van der Waals surface area contributed by atoms with E-state index in [1.54, 1.807) is 0 Å². The zero-order valence-corrected chi connectivity index (χ0v) is 9.59. The van der Waals surface area contributed by atoms with Crippen LogP contribution in [0.2, 0.25) is 0 Å². The topological polar surface area (TPSA) is 83.6 Å². The van der Waals surface area contributed by atoms with Gasteiger partial charge in [0.2, 0.25) is 5.82 Å². The van der Waals surface area contributed by atoms with E-state index in [-0.39, 0.29) is 10.9 Å². The second kappa shape index (κ2) is 5.33. The molecule has 0 bridgehead atoms. The molecular formula is C9H9BrFNO4. The van der Waals surface area contributed by atoms with Gasteiger partial charge in [-0.25, -0.2) is 0 Å². The standard InChI is InChI=1S/C9H9BrFNO4/c10-4-8(13)9(14)5-1-2-6(11)7(3-5)12(15)16/h1-3,8-9,13-14H,4H2. The zero-order valence-electron chi connectivity index (χ0n) is 8.01. The number of aliphatic hydroxyl groups excluding tert-OH is 2. The number of benzene rings is 1. The molecule has 0 aliphatic rings. The molecule has 16 heavy (non-hydrogen) atoms. The van der Waals surface area contributed by atoms with Gasteiger partial charge in [-0.2, -0.15) is 4.39 Å². The average molecular weight is 294 g/mol. The zero-order chi connectivity index (χ0) is 12.3. The van der Waals surface area contributed by atoms with E-state index >= 15 is 0 Å². The highest BCUT2D eigenvalue weighted by molar-refractivity contribution is 9.09. The van der Waals surface area contributed by atoms with E-state index in [0.717, 1.165) is 12.1 Å². The molecule has 0 heterocycles. The molecule has 1 rings (SSSR count). The Bertz CT molecular complexity index is 401. The summed E-state index contributed by atoms with van der Waals surface area (Å²) in [6.45, 7) is 0. The van der Waals surface area contributed by atoms with Crippen molar-refractivity contribution in [3.63, 3.8) is 0 Å². The molecule has 2 unspecified atom stereocenters. The molecule has 2 atom stereocenters. The smallest absolute Gasteiger partial charge is 0.305 e. The molecule has 0 aliphatic heterocycles. The molecule has 1 aromatic rings. The van der Waals surface area contributed by atoms with Crippen LogP contribution < -0.4 is 0 Å². The van der Waals surface area contributed by atoms with Crippen LogP contribution in [0.1, 0.15) is 11.7 Å². The number of nitro benzene ring substituents is 1. The molecule has 0 saturated heterocycles. The van der Waals surface area contributed by atoms with Gasteiger partial charge in [-0.1, -0.05) is 22.0 Å². The molecule has 88 valence electrons. The largest absolute Gasteiger partial charge is 0.389 e. The van der Waals surface area contributed by atoms with Gasteiger partial charge in [0.1, 0.15) is 6.10 Å². The fraction of sp³-hybridized carbons (Fsp3) is 0.333. The van der Waals surface area contributed by atoms with Gasteiger partial charge in [-0.15, -0.1) is 0 Å². The van der Waals surface area contributed by atoms with Crippen LogP contribution in [0.25, 0.3) is 0 Å². The highest BCUT2D eigenvalue weighted by Gasteiger charge is 2.21. The first-order valence-electron chi connectivity index (χ1n) is 4.33. The molecule has 0 radical (unpaired) electrons. The second-order valence-electron chi connectivity index (χ2n) is 3.13. The molecule has 0 amide bonds. The van der Waals surface area contributed by atoms with E-state index in [4.69, 9.17) is 0 Å². The lowest BCUT2D eigenvalue weighted by atomic mass is 10.0. The van der Waals surface area contributed by atoms with Crippen molar-refractivity contribution in [2.75, 3.05) is 5.33 Å². The van der Waals surface area contributed by atoms with Crippen molar-refractivity contribution in [2.45, 2.75) is 12.2 Å². The maximum atomic E-state index is 13.0. The van der Waals surface area contributed by atoms with E-state index in [1.807, 2.05) is 0 Å². The quantitative estimate of drug-likeness (QED) is 0.501. The first-order chi connectivity index (χ1) is 7.47. The number of hydrogen-bond donors (Lipinski definition) is 2. The van der Waals surface area contributed by atoms with Crippen molar-refractivity contribution < 1.29 is 19.5 Å². The van der Waals surface area contributed by atoms with Crippen molar-refractivity contribution in [3.8, 4) is 0 Å². The van der Waals surface area contributed by atoms with Crippen molar-refractivity contribution in [3.05, 3.63) is 39.7 Å². The lowest BCUT2D eigenvalue weighted by molar-refractivity contribution is -0.387. The number of hydrogen-bond acceptors (Lipinski definition) is 4. The van der Waals surface area contributed by atoms with Crippen LogP contribution >= 0.6 is 15.9 Å². The van der Waals surface area contributed by atoms with Crippen molar-refractivity contribution in [1.82, 2.24) is 0 Å². The highest BCUT2D eigenvalue weighted by Crippen LogP contribution is 2.24. The van der Waals surface area contributed by atoms with Crippen LogP contribution in [0.4, 0.5) is 10.1 Å². The van der Waals surface area contributed by atoms with Gasteiger partial charge in [0.05, 0.1) is 11.0 Å². The summed E-state index contributed by atoms with van der Waals surface area (Å²) in [7, 11) is 0. The van der Waals surface area contributed by atoms with E-state index in [1.165, 1.54) is 6.07 Å². The lowest BCUT2D eigenvalue weighted by Crippen LogP contribution is -2.19. The first-order valence-corrected chi connectivity index (χ1v) is 5.45. The van der Waals surface area contributed by atoms with Gasteiger partial charge >= 0.3 is 5.69 Å². The maximum Gasteiger partial charge on any atom is 0.305 e. The number of halogens is 2. The summed E-state index contributed by atoms with van der Waals surface area (Å²) in [6, 6.07) is 2.99. The van der Waals surface area contributed by atoms with Crippen LogP contribution in [0.3, 0.4) is 0 Å². The fourth-order valence-corrected chi connectivity index (χ4v) is 1.51. The number of rotatable bonds is 4. The number of aliphatic hydroxyl groups is 2.